The SMILES string of the molecule is COc1cc(Cl)c(NCCC(C)C)cc1OC. The van der Waals surface area contributed by atoms with E-state index in [1.54, 1.807) is 20.3 Å². The average Bonchev–Trinajstić information content (AvgIpc) is 2.30. The molecule has 0 aliphatic heterocycles. The number of halogens is 1. The molecule has 0 saturated carbocycles. The van der Waals surface area contributed by atoms with E-state index in [1.807, 2.05) is 6.07 Å². The molecule has 3 nitrogen and oxygen atoms in total. The lowest BCUT2D eigenvalue weighted by atomic mass is 10.1. The van der Waals surface area contributed by atoms with Crippen molar-refractivity contribution in [2.45, 2.75) is 20.3 Å². The van der Waals surface area contributed by atoms with Crippen LogP contribution in [-0.4, -0.2) is 20.8 Å². The first-order chi connectivity index (χ1) is 8.08. The molecule has 0 heterocycles. The molecule has 0 atom stereocenters. The Morgan fingerprint density at radius 3 is 2.29 bits per heavy atom. The molecule has 0 fully saturated rings. The van der Waals surface area contributed by atoms with Crippen LogP contribution in [0.2, 0.25) is 5.02 Å². The van der Waals surface area contributed by atoms with Crippen LogP contribution in [0.5, 0.6) is 11.5 Å². The van der Waals surface area contributed by atoms with E-state index < -0.39 is 0 Å². The molecule has 0 unspecified atom stereocenters. The summed E-state index contributed by atoms with van der Waals surface area (Å²) in [5.74, 6) is 2.00. The Balaban J connectivity index is 2.78. The maximum Gasteiger partial charge on any atom is 0.162 e. The molecule has 1 N–H and O–H groups in total. The zero-order chi connectivity index (χ0) is 12.8. The Hall–Kier alpha value is -1.09. The van der Waals surface area contributed by atoms with Gasteiger partial charge in [0.15, 0.2) is 11.5 Å². The van der Waals surface area contributed by atoms with Crippen LogP contribution in [0, 0.1) is 5.92 Å². The fourth-order valence-electron chi connectivity index (χ4n) is 1.49. The van der Waals surface area contributed by atoms with Crippen LogP contribution < -0.4 is 14.8 Å². The first kappa shape index (κ1) is 14.0. The number of benzene rings is 1. The number of ether oxygens (including phenoxy) is 2. The molecule has 0 spiro atoms. The molecule has 96 valence electrons. The molecule has 0 saturated heterocycles. The topological polar surface area (TPSA) is 30.5 Å². The summed E-state index contributed by atoms with van der Waals surface area (Å²) >= 11 is 6.15. The second-order valence-corrected chi connectivity index (χ2v) is 4.70. The number of methoxy groups -OCH3 is 2. The van der Waals surface area contributed by atoms with Crippen LogP contribution in [-0.2, 0) is 0 Å². The van der Waals surface area contributed by atoms with E-state index >= 15 is 0 Å². The zero-order valence-corrected chi connectivity index (χ0v) is 11.6. The van der Waals surface area contributed by atoms with E-state index in [-0.39, 0.29) is 0 Å². The molecule has 17 heavy (non-hydrogen) atoms. The lowest BCUT2D eigenvalue weighted by molar-refractivity contribution is 0.355. The highest BCUT2D eigenvalue weighted by atomic mass is 35.5. The van der Waals surface area contributed by atoms with Crippen molar-refractivity contribution >= 4 is 17.3 Å². The van der Waals surface area contributed by atoms with Gasteiger partial charge in [0.05, 0.1) is 24.9 Å². The molecular weight excluding hydrogens is 238 g/mol. The third-order valence-corrected chi connectivity index (χ3v) is 2.82. The van der Waals surface area contributed by atoms with Gasteiger partial charge in [-0.3, -0.25) is 0 Å². The van der Waals surface area contributed by atoms with Crippen molar-refractivity contribution in [2.75, 3.05) is 26.1 Å². The Labute approximate surface area is 108 Å². The fourth-order valence-corrected chi connectivity index (χ4v) is 1.71. The van der Waals surface area contributed by atoms with Crippen molar-refractivity contribution in [2.24, 2.45) is 5.92 Å². The highest BCUT2D eigenvalue weighted by Gasteiger charge is 2.09. The van der Waals surface area contributed by atoms with E-state index in [2.05, 4.69) is 19.2 Å². The average molecular weight is 258 g/mol. The van der Waals surface area contributed by atoms with Crippen LogP contribution in [0.25, 0.3) is 0 Å². The van der Waals surface area contributed by atoms with Crippen molar-refractivity contribution < 1.29 is 9.47 Å². The van der Waals surface area contributed by atoms with Gasteiger partial charge in [-0.15, -0.1) is 0 Å². The summed E-state index contributed by atoms with van der Waals surface area (Å²) < 4.78 is 10.4. The van der Waals surface area contributed by atoms with Gasteiger partial charge in [-0.1, -0.05) is 25.4 Å². The van der Waals surface area contributed by atoms with Crippen LogP contribution in [0.15, 0.2) is 12.1 Å². The number of rotatable bonds is 6. The smallest absolute Gasteiger partial charge is 0.162 e. The highest BCUT2D eigenvalue weighted by Crippen LogP contribution is 2.35. The largest absolute Gasteiger partial charge is 0.493 e. The summed E-state index contributed by atoms with van der Waals surface area (Å²) in [5.41, 5.74) is 0.880. The molecule has 0 bridgehead atoms. The van der Waals surface area contributed by atoms with Gasteiger partial charge < -0.3 is 14.8 Å². The normalized spacial score (nSPS) is 10.5. The number of nitrogens with one attached hydrogen (secondary N) is 1. The Bertz CT molecular complexity index is 367. The summed E-state index contributed by atoms with van der Waals surface area (Å²) in [6.45, 7) is 5.28. The van der Waals surface area contributed by atoms with Crippen LogP contribution in [0.1, 0.15) is 20.3 Å². The molecule has 4 heteroatoms. The van der Waals surface area contributed by atoms with Crippen molar-refractivity contribution in [3.8, 4) is 11.5 Å². The summed E-state index contributed by atoms with van der Waals surface area (Å²) in [6, 6.07) is 3.62. The molecule has 1 aromatic carbocycles. The van der Waals surface area contributed by atoms with E-state index in [0.29, 0.717) is 22.4 Å². The zero-order valence-electron chi connectivity index (χ0n) is 10.8. The van der Waals surface area contributed by atoms with Gasteiger partial charge in [0.1, 0.15) is 0 Å². The highest BCUT2D eigenvalue weighted by molar-refractivity contribution is 6.33. The minimum atomic E-state index is 0.645. The van der Waals surface area contributed by atoms with Crippen LogP contribution in [0.3, 0.4) is 0 Å². The lowest BCUT2D eigenvalue weighted by Gasteiger charge is -2.14. The molecule has 1 rings (SSSR count). The minimum absolute atomic E-state index is 0.645. The van der Waals surface area contributed by atoms with Gasteiger partial charge in [-0.25, -0.2) is 0 Å². The van der Waals surface area contributed by atoms with Crippen molar-refractivity contribution in [3.63, 3.8) is 0 Å². The summed E-state index contributed by atoms with van der Waals surface area (Å²) in [4.78, 5) is 0. The molecule has 0 aromatic heterocycles. The Morgan fingerprint density at radius 2 is 1.76 bits per heavy atom. The van der Waals surface area contributed by atoms with E-state index in [9.17, 15) is 0 Å². The van der Waals surface area contributed by atoms with E-state index in [1.165, 1.54) is 0 Å². The summed E-state index contributed by atoms with van der Waals surface area (Å²) in [5, 5.41) is 3.95. The van der Waals surface area contributed by atoms with Crippen molar-refractivity contribution in [3.05, 3.63) is 17.2 Å². The fraction of sp³-hybridized carbons (Fsp3) is 0.538. The first-order valence-corrected chi connectivity index (χ1v) is 6.11. The second-order valence-electron chi connectivity index (χ2n) is 4.30. The maximum atomic E-state index is 6.15. The molecule has 0 amide bonds. The molecule has 1 aromatic rings. The first-order valence-electron chi connectivity index (χ1n) is 5.73. The van der Waals surface area contributed by atoms with Gasteiger partial charge in [0.25, 0.3) is 0 Å². The van der Waals surface area contributed by atoms with Gasteiger partial charge in [0.2, 0.25) is 0 Å². The number of anilines is 1. The summed E-state index contributed by atoms with van der Waals surface area (Å²) in [6.07, 6.45) is 1.10. The van der Waals surface area contributed by atoms with E-state index in [0.717, 1.165) is 18.7 Å². The molecule has 0 aliphatic carbocycles. The third kappa shape index (κ3) is 4.00. The summed E-state index contributed by atoms with van der Waals surface area (Å²) in [7, 11) is 3.21. The predicted octanol–water partition coefficient (Wildman–Crippen LogP) is 3.82. The van der Waals surface area contributed by atoms with Crippen molar-refractivity contribution in [1.29, 1.82) is 0 Å². The van der Waals surface area contributed by atoms with Gasteiger partial charge >= 0.3 is 0 Å². The predicted molar refractivity (Wildman–Crippen MR) is 72.5 cm³/mol. The van der Waals surface area contributed by atoms with Gasteiger partial charge in [0, 0.05) is 18.7 Å². The third-order valence-electron chi connectivity index (χ3n) is 2.51. The van der Waals surface area contributed by atoms with E-state index in [4.69, 9.17) is 21.1 Å². The second kappa shape index (κ2) is 6.60. The Kier molecular flexibility index (Phi) is 5.42. The van der Waals surface area contributed by atoms with Crippen molar-refractivity contribution in [1.82, 2.24) is 0 Å². The monoisotopic (exact) mass is 257 g/mol. The van der Waals surface area contributed by atoms with Gasteiger partial charge in [-0.05, 0) is 12.3 Å². The van der Waals surface area contributed by atoms with Crippen LogP contribution in [0.4, 0.5) is 5.69 Å². The van der Waals surface area contributed by atoms with Gasteiger partial charge in [-0.2, -0.15) is 0 Å². The molecular formula is C13H20ClNO2. The molecule has 0 aliphatic rings. The molecule has 0 radical (unpaired) electrons. The maximum absolute atomic E-state index is 6.15. The standard InChI is InChI=1S/C13H20ClNO2/c1-9(2)5-6-15-11-8-13(17-4)12(16-3)7-10(11)14/h7-9,15H,5-6H2,1-4H3. The number of hydrogen-bond donors (Lipinski definition) is 1. The lowest BCUT2D eigenvalue weighted by Crippen LogP contribution is -2.05. The Morgan fingerprint density at radius 1 is 1.18 bits per heavy atom. The number of hydrogen-bond acceptors (Lipinski definition) is 3. The quantitative estimate of drug-likeness (QED) is 0.841. The minimum Gasteiger partial charge on any atom is -0.493 e. The van der Waals surface area contributed by atoms with Crippen LogP contribution >= 0.6 is 11.6 Å².